The molecule has 0 aliphatic heterocycles. The number of H-pyrrole nitrogens is 1. The van der Waals surface area contributed by atoms with Crippen LogP contribution in [0, 0.1) is 11.3 Å². The quantitative estimate of drug-likeness (QED) is 0.399. The van der Waals surface area contributed by atoms with Crippen LogP contribution in [0.4, 0.5) is 0 Å². The van der Waals surface area contributed by atoms with E-state index in [4.69, 9.17) is 0 Å². The van der Waals surface area contributed by atoms with E-state index in [9.17, 15) is 10.1 Å². The number of aromatic nitrogens is 4. The van der Waals surface area contributed by atoms with Gasteiger partial charge in [-0.1, -0.05) is 54.6 Å². The molecule has 6 nitrogen and oxygen atoms in total. The van der Waals surface area contributed by atoms with Gasteiger partial charge in [0.15, 0.2) is 5.54 Å². The van der Waals surface area contributed by atoms with E-state index in [2.05, 4.69) is 27.1 Å². The summed E-state index contributed by atoms with van der Waals surface area (Å²) in [6.07, 6.45) is 3.50. The molecule has 6 rings (SSSR count). The molecule has 3 aromatic heterocycles. The largest absolute Gasteiger partial charge is 0.328 e. The molecular formula is C28H19N5O. The van der Waals surface area contributed by atoms with Crippen molar-refractivity contribution in [1.29, 1.82) is 5.26 Å². The van der Waals surface area contributed by atoms with Crippen LogP contribution in [-0.2, 0) is 5.54 Å². The number of fused-ring (bicyclic) bond motifs is 4. The molecule has 0 aliphatic carbocycles. The van der Waals surface area contributed by atoms with Crippen molar-refractivity contribution in [2.45, 2.75) is 12.5 Å². The molecule has 0 radical (unpaired) electrons. The Morgan fingerprint density at radius 1 is 0.882 bits per heavy atom. The predicted molar refractivity (Wildman–Crippen MR) is 133 cm³/mol. The third-order valence-corrected chi connectivity index (χ3v) is 6.43. The second kappa shape index (κ2) is 7.39. The molecule has 0 bridgehead atoms. The van der Waals surface area contributed by atoms with Gasteiger partial charge in [-0.2, -0.15) is 5.26 Å². The van der Waals surface area contributed by atoms with Crippen molar-refractivity contribution in [3.05, 3.63) is 107 Å². The number of para-hydroxylation sites is 1. The van der Waals surface area contributed by atoms with Crippen molar-refractivity contribution in [2.24, 2.45) is 0 Å². The van der Waals surface area contributed by atoms with Crippen LogP contribution < -0.4 is 5.69 Å². The third-order valence-electron chi connectivity index (χ3n) is 6.43. The Morgan fingerprint density at radius 3 is 2.47 bits per heavy atom. The van der Waals surface area contributed by atoms with E-state index in [1.807, 2.05) is 79.0 Å². The minimum Gasteiger partial charge on any atom is -0.304 e. The molecule has 3 aromatic carbocycles. The zero-order chi connectivity index (χ0) is 23.3. The number of aromatic amines is 1. The number of benzene rings is 3. The van der Waals surface area contributed by atoms with Crippen LogP contribution in [0.2, 0.25) is 0 Å². The Labute approximate surface area is 194 Å². The summed E-state index contributed by atoms with van der Waals surface area (Å²) in [5.74, 6) is 0. The van der Waals surface area contributed by atoms with Gasteiger partial charge in [-0.3, -0.25) is 14.5 Å². The maximum absolute atomic E-state index is 13.2. The fourth-order valence-electron chi connectivity index (χ4n) is 4.63. The third kappa shape index (κ3) is 2.91. The van der Waals surface area contributed by atoms with Crippen LogP contribution in [0.3, 0.4) is 0 Å². The Balaban J connectivity index is 1.65. The Morgan fingerprint density at radius 2 is 1.65 bits per heavy atom. The molecule has 162 valence electrons. The maximum Gasteiger partial charge on any atom is 0.328 e. The van der Waals surface area contributed by atoms with Crippen LogP contribution in [0.1, 0.15) is 12.5 Å². The zero-order valence-corrected chi connectivity index (χ0v) is 18.4. The molecule has 6 heteroatoms. The molecule has 6 aromatic rings. The highest BCUT2D eigenvalue weighted by atomic mass is 16.1. The van der Waals surface area contributed by atoms with Gasteiger partial charge in [0.25, 0.3) is 0 Å². The molecule has 0 spiro atoms. The summed E-state index contributed by atoms with van der Waals surface area (Å²) in [4.78, 5) is 25.2. The number of nitriles is 1. The summed E-state index contributed by atoms with van der Waals surface area (Å²) in [6, 6.07) is 27.8. The number of hydrogen-bond donors (Lipinski definition) is 1. The second-order valence-electron chi connectivity index (χ2n) is 8.48. The Hall–Kier alpha value is -4.76. The van der Waals surface area contributed by atoms with Crippen molar-refractivity contribution in [3.63, 3.8) is 0 Å². The minimum atomic E-state index is -1.20. The number of nitrogens with one attached hydrogen (secondary N) is 1. The van der Waals surface area contributed by atoms with Gasteiger partial charge in [-0.05, 0) is 42.3 Å². The number of rotatable bonds is 3. The van der Waals surface area contributed by atoms with Gasteiger partial charge in [0.2, 0.25) is 0 Å². The van der Waals surface area contributed by atoms with Crippen LogP contribution in [0.25, 0.3) is 44.0 Å². The Bertz CT molecular complexity index is 1810. The molecule has 0 saturated carbocycles. The van der Waals surface area contributed by atoms with Crippen molar-refractivity contribution in [1.82, 2.24) is 19.5 Å². The van der Waals surface area contributed by atoms with E-state index >= 15 is 0 Å². The average molecular weight is 441 g/mol. The summed E-state index contributed by atoms with van der Waals surface area (Å²) >= 11 is 0. The van der Waals surface area contributed by atoms with Gasteiger partial charge in [-0.15, -0.1) is 0 Å². The topological polar surface area (TPSA) is 87.4 Å². The van der Waals surface area contributed by atoms with E-state index in [1.165, 1.54) is 0 Å². The number of hydrogen-bond acceptors (Lipinski definition) is 4. The molecule has 34 heavy (non-hydrogen) atoms. The van der Waals surface area contributed by atoms with Crippen LogP contribution in [0.5, 0.6) is 0 Å². The van der Waals surface area contributed by atoms with Crippen LogP contribution in [0.15, 0.2) is 96.1 Å². The minimum absolute atomic E-state index is 0.352. The molecular weight excluding hydrogens is 422 g/mol. The standard InChI is InChI=1S/C28H19N5O/c1-28(17-29,21-8-3-2-4-9-21)33-26-22-14-18(11-12-24(22)31-16-25(26)32-27(33)34)20-13-19-7-5-6-10-23(19)30-15-20/h2-16H,1H3,(H,32,34). The summed E-state index contributed by atoms with van der Waals surface area (Å²) in [6.45, 7) is 1.76. The molecule has 3 heterocycles. The van der Waals surface area contributed by atoms with Gasteiger partial charge in [0, 0.05) is 22.5 Å². The summed E-state index contributed by atoms with van der Waals surface area (Å²) < 4.78 is 1.55. The number of imidazole rings is 1. The Kier molecular flexibility index (Phi) is 4.32. The second-order valence-corrected chi connectivity index (χ2v) is 8.48. The highest BCUT2D eigenvalue weighted by Gasteiger charge is 2.33. The summed E-state index contributed by atoms with van der Waals surface area (Å²) in [5, 5.41) is 12.1. The lowest BCUT2D eigenvalue weighted by molar-refractivity contribution is 0.508. The van der Waals surface area contributed by atoms with Crippen LogP contribution >= 0.6 is 0 Å². The zero-order valence-electron chi connectivity index (χ0n) is 18.4. The van der Waals surface area contributed by atoms with Gasteiger partial charge >= 0.3 is 5.69 Å². The highest BCUT2D eigenvalue weighted by molar-refractivity contribution is 6.04. The van der Waals surface area contributed by atoms with Crippen molar-refractivity contribution in [3.8, 4) is 17.2 Å². The molecule has 0 saturated heterocycles. The monoisotopic (exact) mass is 441 g/mol. The number of pyridine rings is 2. The summed E-state index contributed by atoms with van der Waals surface area (Å²) in [5.41, 5.74) is 4.02. The fraction of sp³-hybridized carbons (Fsp3) is 0.0714. The lowest BCUT2D eigenvalue weighted by Gasteiger charge is -2.24. The van der Waals surface area contributed by atoms with E-state index < -0.39 is 5.54 Å². The molecule has 1 N–H and O–H groups in total. The lowest BCUT2D eigenvalue weighted by atomic mass is 9.92. The first kappa shape index (κ1) is 19.9. The number of nitrogens with zero attached hydrogens (tertiary/aromatic N) is 4. The van der Waals surface area contributed by atoms with E-state index in [1.54, 1.807) is 17.7 Å². The average Bonchev–Trinajstić information content (AvgIpc) is 3.25. The van der Waals surface area contributed by atoms with Gasteiger partial charge in [0.1, 0.15) is 0 Å². The molecule has 0 fully saturated rings. The van der Waals surface area contributed by atoms with Gasteiger partial charge in [0.05, 0.1) is 34.3 Å². The molecule has 0 amide bonds. The smallest absolute Gasteiger partial charge is 0.304 e. The van der Waals surface area contributed by atoms with Gasteiger partial charge < -0.3 is 4.98 Å². The fourth-order valence-corrected chi connectivity index (χ4v) is 4.63. The highest BCUT2D eigenvalue weighted by Crippen LogP contribution is 2.33. The molecule has 0 aliphatic rings. The normalized spacial score (nSPS) is 13.2. The SMILES string of the molecule is CC(C#N)(c1ccccc1)n1c(=O)[nH]c2cnc3ccc(-c4cnc5ccccc5c4)cc3c21. The first-order chi connectivity index (χ1) is 16.6. The lowest BCUT2D eigenvalue weighted by Crippen LogP contribution is -2.37. The van der Waals surface area contributed by atoms with Crippen molar-refractivity contribution < 1.29 is 0 Å². The summed E-state index contributed by atoms with van der Waals surface area (Å²) in [7, 11) is 0. The van der Waals surface area contributed by atoms with Crippen molar-refractivity contribution >= 4 is 32.8 Å². The maximum atomic E-state index is 13.2. The molecule has 1 atom stereocenters. The van der Waals surface area contributed by atoms with E-state index in [0.717, 1.165) is 38.5 Å². The van der Waals surface area contributed by atoms with E-state index in [0.29, 0.717) is 11.0 Å². The van der Waals surface area contributed by atoms with Crippen LogP contribution in [-0.4, -0.2) is 19.5 Å². The first-order valence-corrected chi connectivity index (χ1v) is 10.9. The molecule has 1 unspecified atom stereocenters. The van der Waals surface area contributed by atoms with Gasteiger partial charge in [-0.25, -0.2) is 4.79 Å². The van der Waals surface area contributed by atoms with Crippen molar-refractivity contribution in [2.75, 3.05) is 0 Å². The van der Waals surface area contributed by atoms with E-state index in [-0.39, 0.29) is 5.69 Å². The first-order valence-electron chi connectivity index (χ1n) is 10.9. The predicted octanol–water partition coefficient (Wildman–Crippen LogP) is 5.38.